The summed E-state index contributed by atoms with van der Waals surface area (Å²) >= 11 is 0. The second-order valence-corrected chi connectivity index (χ2v) is 7.28. The van der Waals surface area contributed by atoms with Crippen LogP contribution in [-0.2, 0) is 30.2 Å². The lowest BCUT2D eigenvalue weighted by atomic mass is 10.1. The lowest BCUT2D eigenvalue weighted by molar-refractivity contribution is -0.116. The second-order valence-electron chi connectivity index (χ2n) is 7.28. The van der Waals surface area contributed by atoms with E-state index in [-0.39, 0.29) is 29.5 Å². The van der Waals surface area contributed by atoms with Gasteiger partial charge in [0.2, 0.25) is 5.91 Å². The van der Waals surface area contributed by atoms with Crippen LogP contribution in [0.25, 0.3) is 11.2 Å². The third-order valence-electron chi connectivity index (χ3n) is 5.21. The van der Waals surface area contributed by atoms with Gasteiger partial charge in [0.25, 0.3) is 11.5 Å². The quantitative estimate of drug-likeness (QED) is 0.603. The molecule has 162 valence electrons. The third kappa shape index (κ3) is 3.87. The van der Waals surface area contributed by atoms with Gasteiger partial charge < -0.3 is 19.5 Å². The minimum Gasteiger partial charge on any atom is -0.378 e. The Kier molecular flexibility index (Phi) is 5.42. The highest BCUT2D eigenvalue weighted by atomic mass is 16.5. The van der Waals surface area contributed by atoms with Crippen molar-refractivity contribution in [1.29, 1.82) is 0 Å². The van der Waals surface area contributed by atoms with Crippen LogP contribution in [0.5, 0.6) is 0 Å². The van der Waals surface area contributed by atoms with Crippen LogP contribution >= 0.6 is 0 Å². The Morgan fingerprint density at radius 1 is 1.13 bits per heavy atom. The van der Waals surface area contributed by atoms with E-state index in [0.29, 0.717) is 37.6 Å². The monoisotopic (exact) mass is 426 g/mol. The average molecular weight is 426 g/mol. The first-order valence-corrected chi connectivity index (χ1v) is 9.74. The molecule has 1 fully saturated rings. The van der Waals surface area contributed by atoms with Crippen LogP contribution in [-0.4, -0.2) is 61.7 Å². The second kappa shape index (κ2) is 8.19. The number of amides is 2. The van der Waals surface area contributed by atoms with Gasteiger partial charge in [-0.1, -0.05) is 6.07 Å². The van der Waals surface area contributed by atoms with Gasteiger partial charge in [-0.3, -0.25) is 23.5 Å². The molecule has 3 heterocycles. The number of hydrogen-bond donors (Lipinski definition) is 1. The van der Waals surface area contributed by atoms with Gasteiger partial charge >= 0.3 is 5.69 Å². The molecule has 1 aromatic carbocycles. The van der Waals surface area contributed by atoms with E-state index < -0.39 is 11.2 Å². The van der Waals surface area contributed by atoms with Gasteiger partial charge in [0.15, 0.2) is 5.52 Å². The number of imidazole rings is 1. The highest BCUT2D eigenvalue weighted by Gasteiger charge is 2.19. The number of aryl methyl sites for hydroxylation is 1. The minimum absolute atomic E-state index is 0.107. The van der Waals surface area contributed by atoms with Crippen molar-refractivity contribution in [3.8, 4) is 0 Å². The predicted octanol–water partition coefficient (Wildman–Crippen LogP) is -0.455. The minimum atomic E-state index is -0.522. The van der Waals surface area contributed by atoms with Crippen molar-refractivity contribution in [1.82, 2.24) is 23.6 Å². The summed E-state index contributed by atoms with van der Waals surface area (Å²) in [5.41, 5.74) is 0.285. The molecule has 0 bridgehead atoms. The van der Waals surface area contributed by atoms with Crippen molar-refractivity contribution >= 4 is 28.7 Å². The lowest BCUT2D eigenvalue weighted by Crippen LogP contribution is -2.40. The molecule has 0 spiro atoms. The Bertz CT molecular complexity index is 1280. The maximum absolute atomic E-state index is 12.7. The zero-order valence-corrected chi connectivity index (χ0v) is 17.2. The zero-order chi connectivity index (χ0) is 22.1. The Labute approximate surface area is 176 Å². The predicted molar refractivity (Wildman–Crippen MR) is 112 cm³/mol. The molecule has 2 aromatic heterocycles. The van der Waals surface area contributed by atoms with Crippen LogP contribution in [0.3, 0.4) is 0 Å². The summed E-state index contributed by atoms with van der Waals surface area (Å²) in [6, 6.07) is 6.70. The zero-order valence-electron chi connectivity index (χ0n) is 17.2. The number of nitrogens with one attached hydrogen (secondary N) is 1. The summed E-state index contributed by atoms with van der Waals surface area (Å²) in [6.45, 7) is 1.92. The fraction of sp³-hybridized carbons (Fsp3) is 0.350. The topological polar surface area (TPSA) is 120 Å². The standard InChI is InChI=1S/C20H22N6O5/c1-23-17-16(19(29)24(2)20(23)30)21-12-26(17)11-15(27)22-14-5-3-4-13(10-14)18(28)25-6-8-31-9-7-25/h3-5,10,12H,6-9,11H2,1-2H3,(H,22,27). The Balaban J connectivity index is 1.53. The summed E-state index contributed by atoms with van der Waals surface area (Å²) in [7, 11) is 2.89. The maximum atomic E-state index is 12.7. The largest absolute Gasteiger partial charge is 0.378 e. The average Bonchev–Trinajstić information content (AvgIpc) is 3.20. The summed E-state index contributed by atoms with van der Waals surface area (Å²) in [5, 5.41) is 2.75. The van der Waals surface area contributed by atoms with Crippen LogP contribution in [0, 0.1) is 0 Å². The molecule has 11 heteroatoms. The molecule has 31 heavy (non-hydrogen) atoms. The van der Waals surface area contributed by atoms with Crippen LogP contribution in [0.2, 0.25) is 0 Å². The van der Waals surface area contributed by atoms with E-state index in [9.17, 15) is 19.2 Å². The van der Waals surface area contributed by atoms with Crippen LogP contribution < -0.4 is 16.6 Å². The smallest absolute Gasteiger partial charge is 0.332 e. The molecule has 1 aliphatic rings. The number of carbonyl (C=O) groups is 2. The number of carbonyl (C=O) groups excluding carboxylic acids is 2. The number of morpholine rings is 1. The van der Waals surface area contributed by atoms with E-state index in [4.69, 9.17) is 4.74 Å². The first-order valence-electron chi connectivity index (χ1n) is 9.74. The van der Waals surface area contributed by atoms with Crippen molar-refractivity contribution < 1.29 is 14.3 Å². The number of aromatic nitrogens is 4. The van der Waals surface area contributed by atoms with Crippen molar-refractivity contribution in [3.05, 3.63) is 57.0 Å². The molecule has 0 atom stereocenters. The van der Waals surface area contributed by atoms with E-state index >= 15 is 0 Å². The number of benzene rings is 1. The van der Waals surface area contributed by atoms with E-state index in [2.05, 4.69) is 10.3 Å². The van der Waals surface area contributed by atoms with Gasteiger partial charge in [-0.25, -0.2) is 9.78 Å². The van der Waals surface area contributed by atoms with Gasteiger partial charge in [0, 0.05) is 38.4 Å². The molecule has 11 nitrogen and oxygen atoms in total. The molecule has 0 aliphatic carbocycles. The molecule has 0 unspecified atom stereocenters. The summed E-state index contributed by atoms with van der Waals surface area (Å²) in [5.74, 6) is -0.505. The van der Waals surface area contributed by atoms with Crippen LogP contribution in [0.15, 0.2) is 40.2 Å². The van der Waals surface area contributed by atoms with Crippen molar-refractivity contribution in [2.45, 2.75) is 6.54 Å². The molecular weight excluding hydrogens is 404 g/mol. The summed E-state index contributed by atoms with van der Waals surface area (Å²) in [4.78, 5) is 55.5. The molecule has 1 N–H and O–H groups in total. The molecule has 0 saturated carbocycles. The molecule has 2 amide bonds. The number of hydrogen-bond acceptors (Lipinski definition) is 6. The normalized spacial score (nSPS) is 14.1. The van der Waals surface area contributed by atoms with E-state index in [0.717, 1.165) is 4.57 Å². The third-order valence-corrected chi connectivity index (χ3v) is 5.21. The first kappa shape index (κ1) is 20.5. The molecule has 0 radical (unpaired) electrons. The highest BCUT2D eigenvalue weighted by Crippen LogP contribution is 2.14. The fourth-order valence-electron chi connectivity index (χ4n) is 3.59. The fourth-order valence-corrected chi connectivity index (χ4v) is 3.59. The van der Waals surface area contributed by atoms with Crippen LogP contribution in [0.4, 0.5) is 5.69 Å². The molecule has 3 aromatic rings. The molecule has 4 rings (SSSR count). The van der Waals surface area contributed by atoms with Gasteiger partial charge in [-0.15, -0.1) is 0 Å². The molecular formula is C20H22N6O5. The maximum Gasteiger partial charge on any atom is 0.332 e. The number of anilines is 1. The summed E-state index contributed by atoms with van der Waals surface area (Å²) < 4.78 is 8.96. The van der Waals surface area contributed by atoms with E-state index in [1.807, 2.05) is 0 Å². The molecule has 1 aliphatic heterocycles. The Hall–Kier alpha value is -3.73. The first-order chi connectivity index (χ1) is 14.9. The molecule has 1 saturated heterocycles. The van der Waals surface area contributed by atoms with Gasteiger partial charge in [0.1, 0.15) is 12.2 Å². The van der Waals surface area contributed by atoms with Crippen LogP contribution in [0.1, 0.15) is 10.4 Å². The number of rotatable bonds is 4. The van der Waals surface area contributed by atoms with E-state index in [1.54, 1.807) is 29.2 Å². The SMILES string of the molecule is Cn1c(=O)c2ncn(CC(=O)Nc3cccc(C(=O)N4CCOCC4)c3)c2n(C)c1=O. The van der Waals surface area contributed by atoms with Gasteiger partial charge in [-0.05, 0) is 18.2 Å². The summed E-state index contributed by atoms with van der Waals surface area (Å²) in [6.07, 6.45) is 1.35. The van der Waals surface area contributed by atoms with Crippen molar-refractivity contribution in [2.24, 2.45) is 14.1 Å². The van der Waals surface area contributed by atoms with Crippen molar-refractivity contribution in [3.63, 3.8) is 0 Å². The highest BCUT2D eigenvalue weighted by molar-refractivity contribution is 5.97. The number of ether oxygens (including phenoxy) is 1. The lowest BCUT2D eigenvalue weighted by Gasteiger charge is -2.27. The number of fused-ring (bicyclic) bond motifs is 1. The van der Waals surface area contributed by atoms with Gasteiger partial charge in [-0.2, -0.15) is 0 Å². The Morgan fingerprint density at radius 2 is 1.87 bits per heavy atom. The van der Waals surface area contributed by atoms with E-state index in [1.165, 1.54) is 29.6 Å². The number of nitrogens with zero attached hydrogens (tertiary/aromatic N) is 5. The Morgan fingerprint density at radius 3 is 2.61 bits per heavy atom. The van der Waals surface area contributed by atoms with Crippen molar-refractivity contribution in [2.75, 3.05) is 31.6 Å². The van der Waals surface area contributed by atoms with Gasteiger partial charge in [0.05, 0.1) is 19.5 Å².